The molecule has 0 heterocycles. The van der Waals surface area contributed by atoms with Crippen LogP contribution in [0.2, 0.25) is 0 Å². The Kier molecular flexibility index (Phi) is 8.20. The number of hydrogen-bond donors (Lipinski definition) is 0. The average molecular weight is 755 g/mol. The van der Waals surface area contributed by atoms with E-state index in [4.69, 9.17) is 0 Å². The van der Waals surface area contributed by atoms with E-state index in [1.54, 1.807) is 0 Å². The van der Waals surface area contributed by atoms with Crippen LogP contribution in [0, 0.1) is 0 Å². The first-order valence-electron chi connectivity index (χ1n) is 20.5. The van der Waals surface area contributed by atoms with Crippen molar-refractivity contribution in [2.24, 2.45) is 0 Å². The van der Waals surface area contributed by atoms with E-state index in [0.717, 1.165) is 34.1 Å². The summed E-state index contributed by atoms with van der Waals surface area (Å²) < 4.78 is 0. The zero-order valence-electron chi connectivity index (χ0n) is 33.2. The van der Waals surface area contributed by atoms with Gasteiger partial charge < -0.3 is 9.80 Å². The van der Waals surface area contributed by atoms with E-state index in [2.05, 4.69) is 242 Å². The number of rotatable bonds is 7. The Morgan fingerprint density at radius 3 is 1.56 bits per heavy atom. The van der Waals surface area contributed by atoms with Crippen molar-refractivity contribution in [1.82, 2.24) is 0 Å². The third-order valence-electron chi connectivity index (χ3n) is 12.4. The summed E-state index contributed by atoms with van der Waals surface area (Å²) >= 11 is 0. The maximum Gasteiger partial charge on any atom is 0.0546 e. The van der Waals surface area contributed by atoms with Crippen LogP contribution in [0.1, 0.15) is 25.0 Å². The Morgan fingerprint density at radius 2 is 0.831 bits per heavy atom. The first-order valence-corrected chi connectivity index (χ1v) is 20.5. The van der Waals surface area contributed by atoms with Gasteiger partial charge in [-0.05, 0) is 121 Å². The van der Waals surface area contributed by atoms with Gasteiger partial charge in [-0.2, -0.15) is 0 Å². The fourth-order valence-electron chi connectivity index (χ4n) is 9.46. The molecule has 0 aliphatic heterocycles. The number of fused-ring (bicyclic) bond motifs is 6. The maximum absolute atomic E-state index is 2.45. The summed E-state index contributed by atoms with van der Waals surface area (Å²) in [6.07, 6.45) is 0. The van der Waals surface area contributed by atoms with Crippen LogP contribution in [0.5, 0.6) is 0 Å². The smallest absolute Gasteiger partial charge is 0.0546 e. The van der Waals surface area contributed by atoms with E-state index >= 15 is 0 Å². The number of hydrogen-bond acceptors (Lipinski definition) is 2. The van der Waals surface area contributed by atoms with E-state index in [9.17, 15) is 0 Å². The minimum Gasteiger partial charge on any atom is -0.310 e. The molecule has 0 saturated carbocycles. The van der Waals surface area contributed by atoms with Crippen LogP contribution in [-0.4, -0.2) is 0 Å². The Hall–Kier alpha value is -7.42. The molecule has 0 bridgehead atoms. The van der Waals surface area contributed by atoms with Crippen molar-refractivity contribution in [3.05, 3.63) is 230 Å². The number of anilines is 6. The topological polar surface area (TPSA) is 6.48 Å². The molecule has 0 unspecified atom stereocenters. The van der Waals surface area contributed by atoms with Crippen LogP contribution in [0.15, 0.2) is 218 Å². The van der Waals surface area contributed by atoms with E-state index < -0.39 is 0 Å². The largest absolute Gasteiger partial charge is 0.310 e. The normalized spacial score (nSPS) is 12.7. The predicted octanol–water partition coefficient (Wildman–Crippen LogP) is 16.1. The highest BCUT2D eigenvalue weighted by Gasteiger charge is 2.36. The maximum atomic E-state index is 2.45. The van der Waals surface area contributed by atoms with Crippen LogP contribution in [0.25, 0.3) is 54.6 Å². The SMILES string of the molecule is CC1(C)c2ccccc2-c2ccc(N(c3cccc(N(c4ccc5ccccc5c4)c4ccc5ccccc5c4-c4ccccc4)c3)c3ccc4ccccc4c3)cc21. The first kappa shape index (κ1) is 34.8. The fourth-order valence-corrected chi connectivity index (χ4v) is 9.46. The van der Waals surface area contributed by atoms with Gasteiger partial charge in [-0.15, -0.1) is 0 Å². The van der Waals surface area contributed by atoms with E-state index in [-0.39, 0.29) is 5.41 Å². The van der Waals surface area contributed by atoms with Crippen LogP contribution in [0.3, 0.4) is 0 Å². The van der Waals surface area contributed by atoms with Crippen molar-refractivity contribution in [2.45, 2.75) is 19.3 Å². The van der Waals surface area contributed by atoms with Crippen molar-refractivity contribution >= 4 is 66.4 Å². The lowest BCUT2D eigenvalue weighted by atomic mass is 9.82. The molecule has 280 valence electrons. The molecule has 0 aromatic heterocycles. The van der Waals surface area contributed by atoms with Gasteiger partial charge in [-0.1, -0.05) is 172 Å². The average Bonchev–Trinajstić information content (AvgIpc) is 3.52. The van der Waals surface area contributed by atoms with Gasteiger partial charge in [0.05, 0.1) is 5.69 Å². The molecule has 0 radical (unpaired) electrons. The Balaban J connectivity index is 1.15. The van der Waals surface area contributed by atoms with Gasteiger partial charge in [0.15, 0.2) is 0 Å². The van der Waals surface area contributed by atoms with Gasteiger partial charge in [0.2, 0.25) is 0 Å². The molecule has 10 aromatic carbocycles. The highest BCUT2D eigenvalue weighted by atomic mass is 15.2. The standard InChI is InChI=1S/C57H42N2/c1-57(2)53-26-13-12-25-51(53)52-33-32-49(38-54(52)57)58(47-30-27-39-15-6-8-20-43(39)35-47)45-22-14-23-46(37-45)59(48-31-28-40-16-7-9-21-44(40)36-48)55-34-29-41-17-10-11-24-50(41)56(55)42-18-4-3-5-19-42/h3-38H,1-2H3. The molecule has 0 saturated heterocycles. The molecule has 59 heavy (non-hydrogen) atoms. The van der Waals surface area contributed by atoms with Crippen LogP contribution in [0.4, 0.5) is 34.1 Å². The van der Waals surface area contributed by atoms with Crippen molar-refractivity contribution in [3.63, 3.8) is 0 Å². The Bertz CT molecular complexity index is 3210. The minimum atomic E-state index is -0.129. The van der Waals surface area contributed by atoms with Gasteiger partial charge in [-0.25, -0.2) is 0 Å². The molecule has 0 fully saturated rings. The second-order valence-electron chi connectivity index (χ2n) is 16.2. The van der Waals surface area contributed by atoms with Gasteiger partial charge in [-0.3, -0.25) is 0 Å². The van der Waals surface area contributed by atoms with Gasteiger partial charge in [0.1, 0.15) is 0 Å². The second kappa shape index (κ2) is 13.9. The summed E-state index contributed by atoms with van der Waals surface area (Å²) in [4.78, 5) is 4.89. The van der Waals surface area contributed by atoms with E-state index in [1.165, 1.54) is 65.7 Å². The van der Waals surface area contributed by atoms with Gasteiger partial charge in [0, 0.05) is 39.4 Å². The summed E-state index contributed by atoms with van der Waals surface area (Å²) in [5.41, 5.74) is 14.2. The quantitative estimate of drug-likeness (QED) is 0.160. The lowest BCUT2D eigenvalue weighted by Crippen LogP contribution is -2.17. The molecule has 0 N–H and O–H groups in total. The molecule has 0 amide bonds. The lowest BCUT2D eigenvalue weighted by Gasteiger charge is -2.32. The number of nitrogens with zero attached hydrogens (tertiary/aromatic N) is 2. The third kappa shape index (κ3) is 5.87. The molecular formula is C57H42N2. The van der Waals surface area contributed by atoms with Crippen LogP contribution < -0.4 is 9.80 Å². The molecule has 10 aromatic rings. The van der Waals surface area contributed by atoms with E-state index in [1.807, 2.05) is 0 Å². The molecule has 1 aliphatic carbocycles. The zero-order valence-corrected chi connectivity index (χ0v) is 33.2. The molecule has 0 spiro atoms. The zero-order chi connectivity index (χ0) is 39.5. The molecule has 0 atom stereocenters. The third-order valence-corrected chi connectivity index (χ3v) is 12.4. The van der Waals surface area contributed by atoms with Crippen LogP contribution >= 0.6 is 0 Å². The summed E-state index contributed by atoms with van der Waals surface area (Å²) in [6.45, 7) is 4.72. The van der Waals surface area contributed by atoms with Gasteiger partial charge >= 0.3 is 0 Å². The highest BCUT2D eigenvalue weighted by molar-refractivity contribution is 6.06. The van der Waals surface area contributed by atoms with Crippen molar-refractivity contribution in [1.29, 1.82) is 0 Å². The summed E-state index contributed by atoms with van der Waals surface area (Å²) in [6, 6.07) is 80.1. The number of benzene rings is 10. The second-order valence-corrected chi connectivity index (χ2v) is 16.2. The molecule has 1 aliphatic rings. The van der Waals surface area contributed by atoms with Crippen molar-refractivity contribution in [2.75, 3.05) is 9.80 Å². The molecule has 2 nitrogen and oxygen atoms in total. The van der Waals surface area contributed by atoms with Crippen molar-refractivity contribution in [3.8, 4) is 22.3 Å². The predicted molar refractivity (Wildman–Crippen MR) is 251 cm³/mol. The Labute approximate surface area is 345 Å². The minimum absolute atomic E-state index is 0.129. The molecular weight excluding hydrogens is 713 g/mol. The molecule has 2 heteroatoms. The van der Waals surface area contributed by atoms with E-state index in [0.29, 0.717) is 0 Å². The monoisotopic (exact) mass is 754 g/mol. The summed E-state index contributed by atoms with van der Waals surface area (Å²) in [7, 11) is 0. The summed E-state index contributed by atoms with van der Waals surface area (Å²) in [5.74, 6) is 0. The highest BCUT2D eigenvalue weighted by Crippen LogP contribution is 2.51. The first-order chi connectivity index (χ1) is 29.0. The van der Waals surface area contributed by atoms with Gasteiger partial charge in [0.25, 0.3) is 0 Å². The molecule has 11 rings (SSSR count). The summed E-state index contributed by atoms with van der Waals surface area (Å²) in [5, 5.41) is 7.29. The van der Waals surface area contributed by atoms with Crippen molar-refractivity contribution < 1.29 is 0 Å². The lowest BCUT2D eigenvalue weighted by molar-refractivity contribution is 0.660. The Morgan fingerprint density at radius 1 is 0.322 bits per heavy atom. The van der Waals surface area contributed by atoms with Crippen LogP contribution in [-0.2, 0) is 5.41 Å². The fraction of sp³-hybridized carbons (Fsp3) is 0.0526.